The molecule has 0 saturated heterocycles. The van der Waals surface area contributed by atoms with Crippen LogP contribution in [0.5, 0.6) is 0 Å². The van der Waals surface area contributed by atoms with E-state index in [4.69, 9.17) is 5.73 Å². The zero-order valence-corrected chi connectivity index (χ0v) is 13.0. The SMILES string of the molecule is CCc1nc(C)cn2cc(-c3cccc([C@@H](O)CN)c3)cc12. The van der Waals surface area contributed by atoms with Gasteiger partial charge < -0.3 is 15.2 Å². The highest BCUT2D eigenvalue weighted by atomic mass is 16.3. The van der Waals surface area contributed by atoms with E-state index in [1.807, 2.05) is 37.4 Å². The van der Waals surface area contributed by atoms with Crippen LogP contribution in [0.4, 0.5) is 0 Å². The molecule has 0 spiro atoms. The van der Waals surface area contributed by atoms with E-state index in [2.05, 4.69) is 28.6 Å². The molecule has 0 fully saturated rings. The maximum absolute atomic E-state index is 9.92. The van der Waals surface area contributed by atoms with Crippen LogP contribution in [0.1, 0.15) is 30.0 Å². The Kier molecular flexibility index (Phi) is 3.96. The summed E-state index contributed by atoms with van der Waals surface area (Å²) in [5.74, 6) is 0. The van der Waals surface area contributed by atoms with Crippen molar-refractivity contribution in [3.63, 3.8) is 0 Å². The van der Waals surface area contributed by atoms with Gasteiger partial charge in [0, 0.05) is 24.5 Å². The highest BCUT2D eigenvalue weighted by molar-refractivity contribution is 5.72. The molecular formula is C18H21N3O. The number of nitrogens with zero attached hydrogens (tertiary/aromatic N) is 2. The second-order valence-corrected chi connectivity index (χ2v) is 5.58. The summed E-state index contributed by atoms with van der Waals surface area (Å²) in [7, 11) is 0. The number of rotatable bonds is 4. The lowest BCUT2D eigenvalue weighted by atomic mass is 10.0. The van der Waals surface area contributed by atoms with Crippen LogP contribution in [-0.2, 0) is 6.42 Å². The van der Waals surface area contributed by atoms with Crippen LogP contribution in [0.3, 0.4) is 0 Å². The highest BCUT2D eigenvalue weighted by Gasteiger charge is 2.10. The lowest BCUT2D eigenvalue weighted by Gasteiger charge is -2.09. The number of aliphatic hydroxyl groups excluding tert-OH is 1. The van der Waals surface area contributed by atoms with Gasteiger partial charge in [0.1, 0.15) is 0 Å². The molecule has 4 nitrogen and oxygen atoms in total. The van der Waals surface area contributed by atoms with E-state index < -0.39 is 6.10 Å². The van der Waals surface area contributed by atoms with Crippen LogP contribution in [-0.4, -0.2) is 21.0 Å². The average Bonchev–Trinajstić information content (AvgIpc) is 2.97. The summed E-state index contributed by atoms with van der Waals surface area (Å²) >= 11 is 0. The molecule has 0 aliphatic carbocycles. The Morgan fingerprint density at radius 1 is 1.23 bits per heavy atom. The minimum absolute atomic E-state index is 0.226. The van der Waals surface area contributed by atoms with Crippen LogP contribution < -0.4 is 5.73 Å². The Hall–Kier alpha value is -2.17. The number of fused-ring (bicyclic) bond motifs is 1. The van der Waals surface area contributed by atoms with Crippen LogP contribution >= 0.6 is 0 Å². The van der Waals surface area contributed by atoms with Crippen LogP contribution in [0.25, 0.3) is 16.6 Å². The Morgan fingerprint density at radius 3 is 2.77 bits per heavy atom. The van der Waals surface area contributed by atoms with E-state index in [0.29, 0.717) is 0 Å². The predicted octanol–water partition coefficient (Wildman–Crippen LogP) is 2.86. The van der Waals surface area contributed by atoms with Gasteiger partial charge in [0.25, 0.3) is 0 Å². The summed E-state index contributed by atoms with van der Waals surface area (Å²) in [6.45, 7) is 4.35. The number of benzene rings is 1. The quantitative estimate of drug-likeness (QED) is 0.778. The fourth-order valence-electron chi connectivity index (χ4n) is 2.80. The predicted molar refractivity (Wildman–Crippen MR) is 88.8 cm³/mol. The smallest absolute Gasteiger partial charge is 0.0912 e. The maximum atomic E-state index is 9.92. The molecule has 2 aromatic heterocycles. The van der Waals surface area contributed by atoms with Crippen molar-refractivity contribution in [1.82, 2.24) is 9.38 Å². The van der Waals surface area contributed by atoms with Gasteiger partial charge in [0.15, 0.2) is 0 Å². The molecule has 0 aliphatic rings. The van der Waals surface area contributed by atoms with Crippen LogP contribution in [0.2, 0.25) is 0 Å². The number of aliphatic hydroxyl groups is 1. The third-order valence-corrected chi connectivity index (χ3v) is 3.94. The molecule has 1 aromatic carbocycles. The molecule has 0 aliphatic heterocycles. The molecular weight excluding hydrogens is 274 g/mol. The van der Waals surface area contributed by atoms with E-state index in [0.717, 1.165) is 40.0 Å². The van der Waals surface area contributed by atoms with Crippen molar-refractivity contribution >= 4 is 5.52 Å². The van der Waals surface area contributed by atoms with Gasteiger partial charge in [-0.1, -0.05) is 25.1 Å². The van der Waals surface area contributed by atoms with E-state index in [9.17, 15) is 5.11 Å². The Labute approximate surface area is 130 Å². The van der Waals surface area contributed by atoms with Crippen molar-refractivity contribution in [2.45, 2.75) is 26.4 Å². The fourth-order valence-corrected chi connectivity index (χ4v) is 2.80. The lowest BCUT2D eigenvalue weighted by Crippen LogP contribution is -2.11. The van der Waals surface area contributed by atoms with Crippen molar-refractivity contribution in [2.24, 2.45) is 5.73 Å². The molecule has 2 heterocycles. The first-order valence-corrected chi connectivity index (χ1v) is 7.59. The second kappa shape index (κ2) is 5.91. The zero-order chi connectivity index (χ0) is 15.7. The Bertz CT molecular complexity index is 807. The number of nitrogens with two attached hydrogens (primary N) is 1. The highest BCUT2D eigenvalue weighted by Crippen LogP contribution is 2.26. The summed E-state index contributed by atoms with van der Waals surface area (Å²) in [4.78, 5) is 4.61. The van der Waals surface area contributed by atoms with Gasteiger partial charge in [-0.15, -0.1) is 0 Å². The molecule has 3 N–H and O–H groups in total. The first kappa shape index (κ1) is 14.8. The van der Waals surface area contributed by atoms with E-state index in [-0.39, 0.29) is 6.54 Å². The standard InChI is InChI=1S/C18H21N3O/c1-3-16-17-8-15(11-21(17)10-12(2)20-16)13-5-4-6-14(7-13)18(22)9-19/h4-8,10-11,18,22H,3,9,19H2,1-2H3/t18-/m0/s1. The lowest BCUT2D eigenvalue weighted by molar-refractivity contribution is 0.187. The first-order valence-electron chi connectivity index (χ1n) is 7.59. The van der Waals surface area contributed by atoms with Crippen LogP contribution in [0, 0.1) is 6.92 Å². The summed E-state index contributed by atoms with van der Waals surface area (Å²) in [5, 5.41) is 9.92. The minimum atomic E-state index is -0.618. The van der Waals surface area contributed by atoms with Crippen molar-refractivity contribution in [1.29, 1.82) is 0 Å². The van der Waals surface area contributed by atoms with Crippen molar-refractivity contribution in [3.8, 4) is 11.1 Å². The third kappa shape index (κ3) is 2.63. The topological polar surface area (TPSA) is 63.5 Å². The fraction of sp³-hybridized carbons (Fsp3) is 0.278. The number of aryl methyl sites for hydroxylation is 2. The van der Waals surface area contributed by atoms with Gasteiger partial charge in [-0.05, 0) is 36.6 Å². The second-order valence-electron chi connectivity index (χ2n) is 5.58. The van der Waals surface area contributed by atoms with Crippen molar-refractivity contribution in [2.75, 3.05) is 6.54 Å². The average molecular weight is 295 g/mol. The summed E-state index contributed by atoms with van der Waals surface area (Å²) in [5.41, 5.74) is 11.8. The van der Waals surface area contributed by atoms with Crippen LogP contribution in [0.15, 0.2) is 42.7 Å². The van der Waals surface area contributed by atoms with Gasteiger partial charge in [0.2, 0.25) is 0 Å². The molecule has 1 atom stereocenters. The van der Waals surface area contributed by atoms with E-state index in [1.165, 1.54) is 0 Å². The molecule has 0 amide bonds. The molecule has 114 valence electrons. The monoisotopic (exact) mass is 295 g/mol. The maximum Gasteiger partial charge on any atom is 0.0912 e. The first-order chi connectivity index (χ1) is 10.6. The Morgan fingerprint density at radius 2 is 2.05 bits per heavy atom. The summed E-state index contributed by atoms with van der Waals surface area (Å²) in [6.07, 6.45) is 4.43. The van der Waals surface area contributed by atoms with Gasteiger partial charge >= 0.3 is 0 Å². The minimum Gasteiger partial charge on any atom is -0.387 e. The summed E-state index contributed by atoms with van der Waals surface area (Å²) < 4.78 is 2.13. The van der Waals surface area contributed by atoms with Gasteiger partial charge in [-0.3, -0.25) is 4.98 Å². The number of hydrogen-bond acceptors (Lipinski definition) is 3. The number of hydrogen-bond donors (Lipinski definition) is 2. The molecule has 0 bridgehead atoms. The molecule has 0 radical (unpaired) electrons. The van der Waals surface area contributed by atoms with Gasteiger partial charge in [-0.2, -0.15) is 0 Å². The summed E-state index contributed by atoms with van der Waals surface area (Å²) in [6, 6.07) is 10.1. The molecule has 0 saturated carbocycles. The van der Waals surface area contributed by atoms with Gasteiger partial charge in [-0.25, -0.2) is 0 Å². The third-order valence-electron chi connectivity index (χ3n) is 3.94. The largest absolute Gasteiger partial charge is 0.387 e. The van der Waals surface area contributed by atoms with E-state index >= 15 is 0 Å². The molecule has 4 heteroatoms. The molecule has 22 heavy (non-hydrogen) atoms. The molecule has 3 rings (SSSR count). The Balaban J connectivity index is 2.11. The van der Waals surface area contributed by atoms with Crippen molar-refractivity contribution in [3.05, 3.63) is 59.7 Å². The molecule has 0 unspecified atom stereocenters. The normalized spacial score (nSPS) is 12.7. The molecule has 3 aromatic rings. The van der Waals surface area contributed by atoms with Crippen molar-refractivity contribution < 1.29 is 5.11 Å². The number of aromatic nitrogens is 2. The zero-order valence-electron chi connectivity index (χ0n) is 13.0. The van der Waals surface area contributed by atoms with Gasteiger partial charge in [0.05, 0.1) is 23.0 Å². The van der Waals surface area contributed by atoms with E-state index in [1.54, 1.807) is 0 Å².